The quantitative estimate of drug-likeness (QED) is 0.593. The number of Topliss-reactive ketones (excluding diaryl/α,β-unsaturated/α-hetero) is 1. The molecule has 1 fully saturated rings. The molecule has 1 amide bonds. The molecule has 1 aliphatic carbocycles. The van der Waals surface area contributed by atoms with Gasteiger partial charge in [-0.25, -0.2) is 4.98 Å². The second-order valence-corrected chi connectivity index (χ2v) is 8.75. The van der Waals surface area contributed by atoms with E-state index in [4.69, 9.17) is 0 Å². The van der Waals surface area contributed by atoms with E-state index in [0.717, 1.165) is 12.1 Å². The standard InChI is InChI=1S/C23H23F3N4O3/c1-22(2,33)16-11-18-13(12-30(29-18)14-6-8-15(31)9-7-14)10-19(16)28-21(32)17-4-3-5-20(27-17)23(24,25)26/h3-5,10-12,14,33H,6-9H2,1-2H3,(H,28,32). The van der Waals surface area contributed by atoms with Gasteiger partial charge in [-0.05, 0) is 51.0 Å². The Morgan fingerprint density at radius 3 is 2.52 bits per heavy atom. The van der Waals surface area contributed by atoms with Crippen LogP contribution >= 0.6 is 0 Å². The third-order valence-corrected chi connectivity index (χ3v) is 5.73. The van der Waals surface area contributed by atoms with Crippen molar-refractivity contribution in [3.05, 3.63) is 53.5 Å². The predicted octanol–water partition coefficient (Wildman–Crippen LogP) is 4.61. The molecule has 10 heteroatoms. The molecule has 0 radical (unpaired) electrons. The summed E-state index contributed by atoms with van der Waals surface area (Å²) in [6.45, 7) is 3.08. The van der Waals surface area contributed by atoms with Gasteiger partial charge in [0.15, 0.2) is 0 Å². The number of benzene rings is 1. The van der Waals surface area contributed by atoms with Gasteiger partial charge in [0.1, 0.15) is 17.2 Å². The summed E-state index contributed by atoms with van der Waals surface area (Å²) in [6.07, 6.45) is -0.484. The van der Waals surface area contributed by atoms with E-state index >= 15 is 0 Å². The molecule has 174 valence electrons. The Morgan fingerprint density at radius 1 is 1.18 bits per heavy atom. The molecule has 4 rings (SSSR count). The molecule has 0 aliphatic heterocycles. The Labute approximate surface area is 187 Å². The van der Waals surface area contributed by atoms with E-state index in [0.29, 0.717) is 42.1 Å². The van der Waals surface area contributed by atoms with E-state index < -0.39 is 29.1 Å². The molecule has 2 aromatic heterocycles. The van der Waals surface area contributed by atoms with Crippen LogP contribution in [0.1, 0.15) is 67.3 Å². The first-order valence-electron chi connectivity index (χ1n) is 10.5. The van der Waals surface area contributed by atoms with Crippen molar-refractivity contribution in [3.8, 4) is 0 Å². The Hall–Kier alpha value is -3.27. The van der Waals surface area contributed by atoms with Crippen LogP contribution < -0.4 is 5.32 Å². The van der Waals surface area contributed by atoms with Gasteiger partial charge in [0.05, 0.1) is 17.2 Å². The van der Waals surface area contributed by atoms with Crippen molar-refractivity contribution in [3.63, 3.8) is 0 Å². The smallest absolute Gasteiger partial charge is 0.386 e. The molecule has 0 unspecified atom stereocenters. The molecule has 7 nitrogen and oxygen atoms in total. The van der Waals surface area contributed by atoms with Crippen molar-refractivity contribution < 1.29 is 27.9 Å². The van der Waals surface area contributed by atoms with Gasteiger partial charge in [-0.2, -0.15) is 18.3 Å². The fourth-order valence-corrected chi connectivity index (χ4v) is 3.98. The van der Waals surface area contributed by atoms with E-state index in [1.165, 1.54) is 19.9 Å². The number of rotatable bonds is 4. The number of amides is 1. The lowest BCUT2D eigenvalue weighted by Crippen LogP contribution is -2.22. The second kappa shape index (κ2) is 8.26. The van der Waals surface area contributed by atoms with Crippen LogP contribution in [0.5, 0.6) is 0 Å². The zero-order valence-electron chi connectivity index (χ0n) is 18.1. The fraction of sp³-hybridized carbons (Fsp3) is 0.391. The molecule has 2 heterocycles. The van der Waals surface area contributed by atoms with E-state index in [1.54, 1.807) is 16.8 Å². The van der Waals surface area contributed by atoms with Gasteiger partial charge in [0, 0.05) is 35.7 Å². The maximum absolute atomic E-state index is 13.0. The first kappa shape index (κ1) is 22.9. The number of halogens is 3. The average molecular weight is 460 g/mol. The number of anilines is 1. The number of nitrogens with one attached hydrogen (secondary N) is 1. The van der Waals surface area contributed by atoms with Crippen LogP contribution in [0, 0.1) is 0 Å². The van der Waals surface area contributed by atoms with Crippen molar-refractivity contribution in [1.82, 2.24) is 14.8 Å². The number of aliphatic hydroxyl groups is 1. The molecule has 0 saturated heterocycles. The van der Waals surface area contributed by atoms with E-state index in [-0.39, 0.29) is 17.5 Å². The van der Waals surface area contributed by atoms with Crippen LogP contribution in [-0.2, 0) is 16.6 Å². The van der Waals surface area contributed by atoms with Crippen LogP contribution in [0.2, 0.25) is 0 Å². The molecule has 33 heavy (non-hydrogen) atoms. The maximum atomic E-state index is 13.0. The average Bonchev–Trinajstić information content (AvgIpc) is 3.15. The zero-order valence-corrected chi connectivity index (χ0v) is 18.1. The summed E-state index contributed by atoms with van der Waals surface area (Å²) in [5.74, 6) is -0.593. The number of pyridine rings is 1. The molecule has 0 bridgehead atoms. The van der Waals surface area contributed by atoms with E-state index in [2.05, 4.69) is 15.4 Å². The van der Waals surface area contributed by atoms with E-state index in [1.807, 2.05) is 6.20 Å². The summed E-state index contributed by atoms with van der Waals surface area (Å²) in [4.78, 5) is 27.7. The summed E-state index contributed by atoms with van der Waals surface area (Å²) in [6, 6.07) is 6.45. The highest BCUT2D eigenvalue weighted by Gasteiger charge is 2.33. The summed E-state index contributed by atoms with van der Waals surface area (Å²) in [5.41, 5.74) is -1.72. The molecule has 1 aromatic carbocycles. The number of hydrogen-bond acceptors (Lipinski definition) is 5. The molecule has 3 aromatic rings. The number of carbonyl (C=O) groups is 2. The van der Waals surface area contributed by atoms with Crippen molar-refractivity contribution in [2.75, 3.05) is 5.32 Å². The second-order valence-electron chi connectivity index (χ2n) is 8.75. The highest BCUT2D eigenvalue weighted by Crippen LogP contribution is 2.34. The van der Waals surface area contributed by atoms with Crippen LogP contribution in [0.3, 0.4) is 0 Å². The van der Waals surface area contributed by atoms with Gasteiger partial charge < -0.3 is 10.4 Å². The number of aromatic nitrogens is 3. The topological polar surface area (TPSA) is 97.1 Å². The van der Waals surface area contributed by atoms with Crippen molar-refractivity contribution in [2.24, 2.45) is 0 Å². The minimum Gasteiger partial charge on any atom is -0.386 e. The maximum Gasteiger partial charge on any atom is 0.433 e. The number of hydrogen-bond donors (Lipinski definition) is 2. The third kappa shape index (κ3) is 4.90. The van der Waals surface area contributed by atoms with Crippen LogP contribution in [0.15, 0.2) is 36.5 Å². The molecule has 2 N–H and O–H groups in total. The lowest BCUT2D eigenvalue weighted by Gasteiger charge is -2.22. The van der Waals surface area contributed by atoms with Crippen LogP contribution in [0.4, 0.5) is 18.9 Å². The Bertz CT molecular complexity index is 1220. The zero-order chi connectivity index (χ0) is 24.0. The van der Waals surface area contributed by atoms with Gasteiger partial charge in [-0.3, -0.25) is 14.3 Å². The van der Waals surface area contributed by atoms with Gasteiger partial charge in [0.25, 0.3) is 5.91 Å². The van der Waals surface area contributed by atoms with Gasteiger partial charge >= 0.3 is 6.18 Å². The lowest BCUT2D eigenvalue weighted by atomic mass is 9.94. The van der Waals surface area contributed by atoms with Crippen LogP contribution in [0.25, 0.3) is 10.9 Å². The van der Waals surface area contributed by atoms with Gasteiger partial charge in [-0.1, -0.05) is 6.07 Å². The fourth-order valence-electron chi connectivity index (χ4n) is 3.98. The number of fused-ring (bicyclic) bond motifs is 1. The van der Waals surface area contributed by atoms with E-state index in [9.17, 15) is 27.9 Å². The molecule has 1 aliphatic rings. The van der Waals surface area contributed by atoms with Crippen molar-refractivity contribution >= 4 is 28.3 Å². The minimum absolute atomic E-state index is 0.0769. The number of ketones is 1. The minimum atomic E-state index is -4.67. The third-order valence-electron chi connectivity index (χ3n) is 5.73. The molecule has 0 atom stereocenters. The number of carbonyl (C=O) groups excluding carboxylic acids is 2. The molecule has 0 spiro atoms. The first-order chi connectivity index (χ1) is 15.4. The summed E-state index contributed by atoms with van der Waals surface area (Å²) < 4.78 is 40.7. The number of alkyl halides is 3. The SMILES string of the molecule is CC(C)(O)c1cc2nn(C3CCC(=O)CC3)cc2cc1NC(=O)c1cccc(C(F)(F)F)n1. The molecular formula is C23H23F3N4O3. The molecular weight excluding hydrogens is 437 g/mol. The Kier molecular flexibility index (Phi) is 5.73. The van der Waals surface area contributed by atoms with Crippen molar-refractivity contribution in [2.45, 2.75) is 57.3 Å². The normalized spacial score (nSPS) is 15.8. The predicted molar refractivity (Wildman–Crippen MR) is 115 cm³/mol. The summed E-state index contributed by atoms with van der Waals surface area (Å²) in [5, 5.41) is 18.5. The van der Waals surface area contributed by atoms with Crippen LogP contribution in [-0.4, -0.2) is 31.6 Å². The Balaban J connectivity index is 1.68. The first-order valence-corrected chi connectivity index (χ1v) is 10.5. The summed E-state index contributed by atoms with van der Waals surface area (Å²) in [7, 11) is 0. The van der Waals surface area contributed by atoms with Gasteiger partial charge in [0.2, 0.25) is 0 Å². The summed E-state index contributed by atoms with van der Waals surface area (Å²) >= 11 is 0. The lowest BCUT2D eigenvalue weighted by molar-refractivity contribution is -0.141. The highest BCUT2D eigenvalue weighted by atomic mass is 19.4. The number of nitrogens with zero attached hydrogens (tertiary/aromatic N) is 3. The van der Waals surface area contributed by atoms with Gasteiger partial charge in [-0.15, -0.1) is 0 Å². The monoisotopic (exact) mass is 460 g/mol. The largest absolute Gasteiger partial charge is 0.433 e. The molecule has 1 saturated carbocycles. The Morgan fingerprint density at radius 2 is 1.88 bits per heavy atom. The highest BCUT2D eigenvalue weighted by molar-refractivity contribution is 6.04. The van der Waals surface area contributed by atoms with Crippen molar-refractivity contribution in [1.29, 1.82) is 0 Å².